The van der Waals surface area contributed by atoms with Gasteiger partial charge in [-0.3, -0.25) is 4.90 Å². The van der Waals surface area contributed by atoms with Crippen molar-refractivity contribution < 1.29 is 8.42 Å². The van der Waals surface area contributed by atoms with Crippen LogP contribution >= 0.6 is 11.3 Å². The average molecular weight is 315 g/mol. The van der Waals surface area contributed by atoms with Gasteiger partial charge in [-0.25, -0.2) is 13.1 Å². The fourth-order valence-electron chi connectivity index (χ4n) is 3.30. The molecule has 1 aromatic rings. The van der Waals surface area contributed by atoms with Crippen LogP contribution in [0.4, 0.5) is 0 Å². The van der Waals surface area contributed by atoms with E-state index in [-0.39, 0.29) is 6.04 Å². The Hall–Kier alpha value is -0.470. The molecule has 0 radical (unpaired) electrons. The van der Waals surface area contributed by atoms with Gasteiger partial charge in [0.2, 0.25) is 10.0 Å². The minimum Gasteiger partial charge on any atom is -0.326 e. The van der Waals surface area contributed by atoms with E-state index in [1.165, 1.54) is 17.8 Å². The fraction of sp³-hybridized carbons (Fsp3) is 0.692. The molecule has 2 aliphatic heterocycles. The monoisotopic (exact) mass is 315 g/mol. The van der Waals surface area contributed by atoms with Gasteiger partial charge in [0.1, 0.15) is 4.21 Å². The van der Waals surface area contributed by atoms with Gasteiger partial charge in [-0.05, 0) is 44.4 Å². The van der Waals surface area contributed by atoms with Gasteiger partial charge >= 0.3 is 0 Å². The summed E-state index contributed by atoms with van der Waals surface area (Å²) >= 11 is 1.29. The first kappa shape index (κ1) is 14.5. The molecule has 0 bridgehead atoms. The first-order valence-corrected chi connectivity index (χ1v) is 9.37. The van der Waals surface area contributed by atoms with Crippen molar-refractivity contribution in [2.24, 2.45) is 5.73 Å². The van der Waals surface area contributed by atoms with Crippen LogP contribution in [0.25, 0.3) is 0 Å². The summed E-state index contributed by atoms with van der Waals surface area (Å²) in [7, 11) is -3.41. The lowest BCUT2D eigenvalue weighted by Gasteiger charge is -2.20. The molecule has 0 aromatic carbocycles. The number of nitrogens with two attached hydrogens (primary N) is 1. The Balaban J connectivity index is 1.78. The first-order valence-electron chi connectivity index (χ1n) is 7.07. The predicted octanol–water partition coefficient (Wildman–Crippen LogP) is 1.03. The topological polar surface area (TPSA) is 75.4 Å². The zero-order chi connectivity index (χ0) is 14.3. The van der Waals surface area contributed by atoms with E-state index >= 15 is 0 Å². The van der Waals surface area contributed by atoms with Crippen LogP contribution < -0.4 is 10.5 Å². The van der Waals surface area contributed by atoms with E-state index < -0.39 is 10.0 Å². The van der Waals surface area contributed by atoms with E-state index in [9.17, 15) is 8.42 Å². The number of hydrogen-bond acceptors (Lipinski definition) is 5. The lowest BCUT2D eigenvalue weighted by Crippen LogP contribution is -2.42. The summed E-state index contributed by atoms with van der Waals surface area (Å²) in [6, 6.07) is 2.18. The zero-order valence-corrected chi connectivity index (χ0v) is 13.3. The fourth-order valence-corrected chi connectivity index (χ4v) is 6.09. The number of thiophene rings is 1. The predicted molar refractivity (Wildman–Crippen MR) is 80.3 cm³/mol. The number of sulfonamides is 1. The Kier molecular flexibility index (Phi) is 3.89. The van der Waals surface area contributed by atoms with Crippen molar-refractivity contribution in [3.8, 4) is 0 Å². The van der Waals surface area contributed by atoms with Crippen molar-refractivity contribution in [3.63, 3.8) is 0 Å². The maximum absolute atomic E-state index is 12.5. The number of aryl methyl sites for hydroxylation is 1. The Morgan fingerprint density at radius 1 is 1.45 bits per heavy atom. The van der Waals surface area contributed by atoms with Crippen LogP contribution in [0.2, 0.25) is 0 Å². The summed E-state index contributed by atoms with van der Waals surface area (Å²) in [5.74, 6) is 0. The molecule has 3 N–H and O–H groups in total. The summed E-state index contributed by atoms with van der Waals surface area (Å²) < 4.78 is 28.3. The second kappa shape index (κ2) is 5.38. The Labute approximate surface area is 124 Å². The summed E-state index contributed by atoms with van der Waals surface area (Å²) in [6.07, 6.45) is 3.20. The zero-order valence-electron chi connectivity index (χ0n) is 11.6. The number of hydrogen-bond donors (Lipinski definition) is 2. The number of fused-ring (bicyclic) bond motifs is 1. The van der Waals surface area contributed by atoms with Crippen molar-refractivity contribution in [1.29, 1.82) is 0 Å². The highest BCUT2D eigenvalue weighted by molar-refractivity contribution is 7.91. The summed E-state index contributed by atoms with van der Waals surface area (Å²) in [5, 5.41) is 0. The normalized spacial score (nSPS) is 27.1. The highest BCUT2D eigenvalue weighted by Gasteiger charge is 2.39. The van der Waals surface area contributed by atoms with E-state index in [2.05, 4.69) is 9.62 Å². The van der Waals surface area contributed by atoms with Gasteiger partial charge in [0.25, 0.3) is 0 Å². The third kappa shape index (κ3) is 2.53. The molecule has 2 fully saturated rings. The summed E-state index contributed by atoms with van der Waals surface area (Å²) in [4.78, 5) is 3.34. The van der Waals surface area contributed by atoms with Gasteiger partial charge in [0.15, 0.2) is 0 Å². The van der Waals surface area contributed by atoms with Crippen LogP contribution in [0.1, 0.15) is 29.7 Å². The van der Waals surface area contributed by atoms with Gasteiger partial charge in [0, 0.05) is 30.1 Å². The summed E-state index contributed by atoms with van der Waals surface area (Å²) in [6.45, 7) is 4.42. The van der Waals surface area contributed by atoms with Gasteiger partial charge < -0.3 is 5.73 Å². The Morgan fingerprint density at radius 3 is 2.95 bits per heavy atom. The van der Waals surface area contributed by atoms with Crippen molar-refractivity contribution in [3.05, 3.63) is 16.5 Å². The van der Waals surface area contributed by atoms with Gasteiger partial charge in [0.05, 0.1) is 0 Å². The number of rotatable bonds is 4. The smallest absolute Gasteiger partial charge is 0.250 e. The SMILES string of the molecule is Cc1cc(S(=O)(=O)NC2CCN3CCCC23)sc1CN. The molecule has 112 valence electrons. The molecule has 3 rings (SSSR count). The molecule has 0 amide bonds. The quantitative estimate of drug-likeness (QED) is 0.870. The number of nitrogens with one attached hydrogen (secondary N) is 1. The highest BCUT2D eigenvalue weighted by Crippen LogP contribution is 2.30. The molecule has 0 saturated carbocycles. The maximum Gasteiger partial charge on any atom is 0.250 e. The Bertz CT molecular complexity index is 597. The highest BCUT2D eigenvalue weighted by atomic mass is 32.2. The molecular weight excluding hydrogens is 294 g/mol. The van der Waals surface area contributed by atoms with E-state index in [0.717, 1.165) is 36.4 Å². The van der Waals surface area contributed by atoms with Gasteiger partial charge in [-0.1, -0.05) is 0 Å². The molecule has 2 aliphatic rings. The minimum absolute atomic E-state index is 0.0613. The molecule has 0 spiro atoms. The molecule has 2 unspecified atom stereocenters. The van der Waals surface area contributed by atoms with Crippen LogP contribution in [-0.2, 0) is 16.6 Å². The van der Waals surface area contributed by atoms with Crippen molar-refractivity contribution in [2.45, 2.75) is 49.0 Å². The molecule has 5 nitrogen and oxygen atoms in total. The lowest BCUT2D eigenvalue weighted by molar-refractivity contribution is 0.309. The number of nitrogens with zero attached hydrogens (tertiary/aromatic N) is 1. The molecular formula is C13H21N3O2S2. The van der Waals surface area contributed by atoms with Gasteiger partial charge in [-0.2, -0.15) is 0 Å². The van der Waals surface area contributed by atoms with E-state index in [4.69, 9.17) is 5.73 Å². The molecule has 1 aromatic heterocycles. The molecule has 0 aliphatic carbocycles. The third-order valence-electron chi connectivity index (χ3n) is 4.36. The standard InChI is InChI=1S/C13H21N3O2S2/c1-9-7-13(19-12(9)8-14)20(17,18)15-10-4-6-16-5-2-3-11(10)16/h7,10-11,15H,2-6,8,14H2,1H3. The minimum atomic E-state index is -3.41. The van der Waals surface area contributed by atoms with Crippen molar-refractivity contribution in [1.82, 2.24) is 9.62 Å². The molecule has 3 heterocycles. The largest absolute Gasteiger partial charge is 0.326 e. The molecule has 2 saturated heterocycles. The third-order valence-corrected chi connectivity index (χ3v) is 7.58. The van der Waals surface area contributed by atoms with E-state index in [0.29, 0.717) is 16.8 Å². The van der Waals surface area contributed by atoms with Crippen LogP contribution in [0.5, 0.6) is 0 Å². The average Bonchev–Trinajstić information content (AvgIpc) is 3.06. The van der Waals surface area contributed by atoms with Crippen molar-refractivity contribution in [2.75, 3.05) is 13.1 Å². The van der Waals surface area contributed by atoms with Crippen LogP contribution in [0.3, 0.4) is 0 Å². The maximum atomic E-state index is 12.5. The molecule has 2 atom stereocenters. The van der Waals surface area contributed by atoms with Gasteiger partial charge in [-0.15, -0.1) is 11.3 Å². The first-order chi connectivity index (χ1) is 9.51. The van der Waals surface area contributed by atoms with Crippen molar-refractivity contribution >= 4 is 21.4 Å². The van der Waals surface area contributed by atoms with Crippen LogP contribution in [0.15, 0.2) is 10.3 Å². The Morgan fingerprint density at radius 2 is 2.25 bits per heavy atom. The molecule has 7 heteroatoms. The summed E-state index contributed by atoms with van der Waals surface area (Å²) in [5.41, 5.74) is 6.59. The van der Waals surface area contributed by atoms with Crippen LogP contribution in [-0.4, -0.2) is 38.5 Å². The van der Waals surface area contributed by atoms with Crippen LogP contribution in [0, 0.1) is 6.92 Å². The van der Waals surface area contributed by atoms with E-state index in [1.54, 1.807) is 6.07 Å². The van der Waals surface area contributed by atoms with E-state index in [1.807, 2.05) is 6.92 Å². The molecule has 20 heavy (non-hydrogen) atoms. The lowest BCUT2D eigenvalue weighted by atomic mass is 10.1. The second-order valence-electron chi connectivity index (χ2n) is 5.64. The second-order valence-corrected chi connectivity index (χ2v) is 8.72.